The predicted molar refractivity (Wildman–Crippen MR) is 64.8 cm³/mol. The maximum absolute atomic E-state index is 11.6. The molecule has 0 aliphatic rings. The lowest BCUT2D eigenvalue weighted by molar-refractivity contribution is -0.141. The first-order chi connectivity index (χ1) is 8.04. The molecule has 4 nitrogen and oxygen atoms in total. The Balaban J connectivity index is 2.65. The summed E-state index contributed by atoms with van der Waals surface area (Å²) in [7, 11) is 0. The molecule has 1 rings (SSSR count). The molecule has 2 N–H and O–H groups in total. The first-order valence-electron chi connectivity index (χ1n) is 5.63. The van der Waals surface area contributed by atoms with E-state index in [1.807, 2.05) is 31.2 Å². The number of nitrogens with one attached hydrogen (secondary N) is 1. The van der Waals surface area contributed by atoms with Crippen molar-refractivity contribution in [2.45, 2.75) is 32.7 Å². The highest BCUT2D eigenvalue weighted by Crippen LogP contribution is 2.10. The summed E-state index contributed by atoms with van der Waals surface area (Å²) in [6, 6.07) is 6.83. The summed E-state index contributed by atoms with van der Waals surface area (Å²) in [5, 5.41) is 11.1. The summed E-state index contributed by atoms with van der Waals surface area (Å²) in [5.41, 5.74) is 2.07. The Kier molecular flexibility index (Phi) is 4.69. The van der Waals surface area contributed by atoms with Gasteiger partial charge in [-0.3, -0.25) is 9.59 Å². The van der Waals surface area contributed by atoms with Crippen LogP contribution in [0, 0.1) is 0 Å². The van der Waals surface area contributed by atoms with E-state index in [4.69, 9.17) is 5.11 Å². The van der Waals surface area contributed by atoms with Crippen molar-refractivity contribution in [3.8, 4) is 0 Å². The summed E-state index contributed by atoms with van der Waals surface area (Å²) in [6.07, 6.45) is 1.08. The zero-order valence-electron chi connectivity index (χ0n) is 10.1. The van der Waals surface area contributed by atoms with E-state index in [-0.39, 0.29) is 12.3 Å². The Morgan fingerprint density at radius 3 is 2.41 bits per heavy atom. The number of amides is 1. The van der Waals surface area contributed by atoms with Gasteiger partial charge in [0.25, 0.3) is 0 Å². The predicted octanol–water partition coefficient (Wildman–Crippen LogP) is 1.38. The SMILES string of the molecule is CCc1ccccc1CC(=O)NC(C)C(=O)O. The van der Waals surface area contributed by atoms with Crippen molar-refractivity contribution >= 4 is 11.9 Å². The van der Waals surface area contributed by atoms with Gasteiger partial charge in [-0.15, -0.1) is 0 Å². The molecule has 0 heterocycles. The van der Waals surface area contributed by atoms with Gasteiger partial charge in [-0.2, -0.15) is 0 Å². The highest BCUT2D eigenvalue weighted by atomic mass is 16.4. The summed E-state index contributed by atoms with van der Waals surface area (Å²) >= 11 is 0. The number of aryl methyl sites for hydroxylation is 1. The summed E-state index contributed by atoms with van der Waals surface area (Å²) in [6.45, 7) is 3.47. The Bertz CT molecular complexity index is 415. The van der Waals surface area contributed by atoms with E-state index in [0.29, 0.717) is 0 Å². The maximum atomic E-state index is 11.6. The zero-order chi connectivity index (χ0) is 12.8. The van der Waals surface area contributed by atoms with Crippen LogP contribution in [0.1, 0.15) is 25.0 Å². The fourth-order valence-corrected chi connectivity index (χ4v) is 1.60. The van der Waals surface area contributed by atoms with Gasteiger partial charge in [0.1, 0.15) is 6.04 Å². The number of rotatable bonds is 5. The van der Waals surface area contributed by atoms with Crippen LogP contribution in [0.2, 0.25) is 0 Å². The van der Waals surface area contributed by atoms with E-state index in [2.05, 4.69) is 5.32 Å². The molecule has 1 atom stereocenters. The van der Waals surface area contributed by atoms with Crippen molar-refractivity contribution in [3.63, 3.8) is 0 Å². The molecule has 0 bridgehead atoms. The summed E-state index contributed by atoms with van der Waals surface area (Å²) in [5.74, 6) is -1.29. The molecule has 4 heteroatoms. The first-order valence-corrected chi connectivity index (χ1v) is 5.63. The molecule has 0 aliphatic carbocycles. The van der Waals surface area contributed by atoms with Gasteiger partial charge in [0.2, 0.25) is 5.91 Å². The third kappa shape index (κ3) is 3.90. The number of aliphatic carboxylic acids is 1. The van der Waals surface area contributed by atoms with Crippen molar-refractivity contribution < 1.29 is 14.7 Å². The van der Waals surface area contributed by atoms with Crippen LogP contribution in [0.25, 0.3) is 0 Å². The number of carboxylic acids is 1. The Morgan fingerprint density at radius 2 is 1.88 bits per heavy atom. The molecule has 1 aromatic rings. The molecule has 1 aromatic carbocycles. The van der Waals surface area contributed by atoms with Gasteiger partial charge in [0, 0.05) is 0 Å². The van der Waals surface area contributed by atoms with Crippen molar-refractivity contribution in [1.29, 1.82) is 0 Å². The minimum absolute atomic E-state index is 0.224. The number of benzene rings is 1. The zero-order valence-corrected chi connectivity index (χ0v) is 10.1. The lowest BCUT2D eigenvalue weighted by atomic mass is 10.0. The second kappa shape index (κ2) is 6.03. The second-order valence-corrected chi connectivity index (χ2v) is 3.93. The fraction of sp³-hybridized carbons (Fsp3) is 0.385. The molecule has 1 amide bonds. The summed E-state index contributed by atoms with van der Waals surface area (Å²) < 4.78 is 0. The third-order valence-corrected chi connectivity index (χ3v) is 2.60. The lowest BCUT2D eigenvalue weighted by Crippen LogP contribution is -2.39. The minimum atomic E-state index is -1.03. The number of hydrogen-bond acceptors (Lipinski definition) is 2. The first kappa shape index (κ1) is 13.2. The number of carbonyl (C=O) groups is 2. The van der Waals surface area contributed by atoms with Gasteiger partial charge < -0.3 is 10.4 Å². The third-order valence-electron chi connectivity index (χ3n) is 2.60. The van der Waals surface area contributed by atoms with Gasteiger partial charge in [-0.05, 0) is 24.5 Å². The van der Waals surface area contributed by atoms with Crippen LogP contribution in [0.15, 0.2) is 24.3 Å². The van der Waals surface area contributed by atoms with E-state index in [0.717, 1.165) is 17.5 Å². The van der Waals surface area contributed by atoms with E-state index in [1.165, 1.54) is 6.92 Å². The van der Waals surface area contributed by atoms with Crippen molar-refractivity contribution in [3.05, 3.63) is 35.4 Å². The highest BCUT2D eigenvalue weighted by molar-refractivity contribution is 5.84. The van der Waals surface area contributed by atoms with E-state index < -0.39 is 12.0 Å². The van der Waals surface area contributed by atoms with Crippen LogP contribution < -0.4 is 5.32 Å². The van der Waals surface area contributed by atoms with Crippen molar-refractivity contribution in [1.82, 2.24) is 5.32 Å². The Morgan fingerprint density at radius 1 is 1.29 bits per heavy atom. The molecule has 0 saturated carbocycles. The van der Waals surface area contributed by atoms with E-state index >= 15 is 0 Å². The molecule has 0 fully saturated rings. The van der Waals surface area contributed by atoms with E-state index in [9.17, 15) is 9.59 Å². The molecule has 0 aromatic heterocycles. The molecule has 0 radical (unpaired) electrons. The minimum Gasteiger partial charge on any atom is -0.480 e. The number of carbonyl (C=O) groups excluding carboxylic acids is 1. The molecule has 0 spiro atoms. The van der Waals surface area contributed by atoms with Crippen LogP contribution in [0.4, 0.5) is 0 Å². The molecule has 92 valence electrons. The Labute approximate surface area is 101 Å². The van der Waals surface area contributed by atoms with Gasteiger partial charge in [0.15, 0.2) is 0 Å². The highest BCUT2D eigenvalue weighted by Gasteiger charge is 2.14. The molecule has 17 heavy (non-hydrogen) atoms. The molecular weight excluding hydrogens is 218 g/mol. The molecular formula is C13H17NO3. The van der Waals surface area contributed by atoms with E-state index in [1.54, 1.807) is 0 Å². The molecule has 0 saturated heterocycles. The Hall–Kier alpha value is -1.84. The van der Waals surface area contributed by atoms with Gasteiger partial charge in [-0.25, -0.2) is 0 Å². The summed E-state index contributed by atoms with van der Waals surface area (Å²) in [4.78, 5) is 22.2. The lowest BCUT2D eigenvalue weighted by Gasteiger charge is -2.11. The van der Waals surface area contributed by atoms with Crippen LogP contribution in [0.5, 0.6) is 0 Å². The smallest absolute Gasteiger partial charge is 0.325 e. The number of carboxylic acid groups (broad SMARTS) is 1. The monoisotopic (exact) mass is 235 g/mol. The van der Waals surface area contributed by atoms with Crippen molar-refractivity contribution in [2.75, 3.05) is 0 Å². The maximum Gasteiger partial charge on any atom is 0.325 e. The van der Waals surface area contributed by atoms with Crippen LogP contribution in [0.3, 0.4) is 0 Å². The fourth-order valence-electron chi connectivity index (χ4n) is 1.60. The standard InChI is InChI=1S/C13H17NO3/c1-3-10-6-4-5-7-11(10)8-12(15)14-9(2)13(16)17/h4-7,9H,3,8H2,1-2H3,(H,14,15)(H,16,17). The van der Waals surface area contributed by atoms with Crippen LogP contribution in [-0.4, -0.2) is 23.0 Å². The van der Waals surface area contributed by atoms with Gasteiger partial charge in [-0.1, -0.05) is 31.2 Å². The quantitative estimate of drug-likeness (QED) is 0.810. The average molecular weight is 235 g/mol. The molecule has 1 unspecified atom stereocenters. The van der Waals surface area contributed by atoms with Crippen molar-refractivity contribution in [2.24, 2.45) is 0 Å². The second-order valence-electron chi connectivity index (χ2n) is 3.93. The normalized spacial score (nSPS) is 11.9. The number of hydrogen-bond donors (Lipinski definition) is 2. The molecule has 0 aliphatic heterocycles. The largest absolute Gasteiger partial charge is 0.480 e. The van der Waals surface area contributed by atoms with Gasteiger partial charge >= 0.3 is 5.97 Å². The average Bonchev–Trinajstić information content (AvgIpc) is 2.29. The van der Waals surface area contributed by atoms with Crippen LogP contribution in [-0.2, 0) is 22.4 Å². The topological polar surface area (TPSA) is 66.4 Å². The van der Waals surface area contributed by atoms with Gasteiger partial charge in [0.05, 0.1) is 6.42 Å². The van der Waals surface area contributed by atoms with Crippen LogP contribution >= 0.6 is 0 Å².